The molecule has 0 radical (unpaired) electrons. The molecule has 0 heterocycles. The van der Waals surface area contributed by atoms with E-state index in [2.05, 4.69) is 0 Å². The molecule has 3 heteroatoms. The second-order valence-electron chi connectivity index (χ2n) is 3.32. The fourth-order valence-electron chi connectivity index (χ4n) is 1.47. The maximum Gasteiger partial charge on any atom is 0.285 e. The van der Waals surface area contributed by atoms with Crippen LogP contribution in [0.2, 0.25) is 0 Å². The number of benzene rings is 1. The van der Waals surface area contributed by atoms with Crippen LogP contribution in [0.3, 0.4) is 0 Å². The summed E-state index contributed by atoms with van der Waals surface area (Å²) >= 11 is 0. The lowest BCUT2D eigenvalue weighted by molar-refractivity contribution is 0.00505. The van der Waals surface area contributed by atoms with Gasteiger partial charge >= 0.3 is 0 Å². The van der Waals surface area contributed by atoms with E-state index in [1.165, 1.54) is 6.07 Å². The minimum Gasteiger partial charge on any atom is -0.325 e. The third-order valence-corrected chi connectivity index (χ3v) is 2.19. The largest absolute Gasteiger partial charge is 0.325 e. The first-order valence-electron chi connectivity index (χ1n) is 4.78. The Kier molecular flexibility index (Phi) is 3.58. The highest BCUT2D eigenvalue weighted by Crippen LogP contribution is 2.29. The fraction of sp³-hybridized carbons (Fsp3) is 0.455. The second-order valence-corrected chi connectivity index (χ2v) is 3.32. The first kappa shape index (κ1) is 11.1. The van der Waals surface area contributed by atoms with E-state index in [-0.39, 0.29) is 5.56 Å². The van der Waals surface area contributed by atoms with Gasteiger partial charge in [0.2, 0.25) is 0 Å². The van der Waals surface area contributed by atoms with Crippen LogP contribution in [-0.2, 0) is 12.3 Å². The quantitative estimate of drug-likeness (QED) is 0.792. The zero-order valence-corrected chi connectivity index (χ0v) is 8.26. The standard InChI is InChI=1S/C11H15F2N/c1-2-5-9-6-3-4-7-10(9)11(12,13)8-14/h3-4,6-7H,2,5,8,14H2,1H3. The van der Waals surface area contributed by atoms with Gasteiger partial charge in [-0.1, -0.05) is 37.6 Å². The molecule has 0 aromatic heterocycles. The van der Waals surface area contributed by atoms with Crippen LogP contribution < -0.4 is 5.73 Å². The lowest BCUT2D eigenvalue weighted by atomic mass is 9.98. The van der Waals surface area contributed by atoms with Crippen LogP contribution in [0.15, 0.2) is 24.3 Å². The Bertz CT molecular complexity index is 297. The first-order valence-corrected chi connectivity index (χ1v) is 4.78. The van der Waals surface area contributed by atoms with E-state index in [0.717, 1.165) is 6.42 Å². The molecule has 1 rings (SSSR count). The van der Waals surface area contributed by atoms with Crippen molar-refractivity contribution in [3.05, 3.63) is 35.4 Å². The minimum absolute atomic E-state index is 0.0735. The monoisotopic (exact) mass is 199 g/mol. The van der Waals surface area contributed by atoms with Crippen molar-refractivity contribution in [2.75, 3.05) is 6.54 Å². The van der Waals surface area contributed by atoms with Crippen molar-refractivity contribution in [2.45, 2.75) is 25.7 Å². The topological polar surface area (TPSA) is 26.0 Å². The Hall–Kier alpha value is -0.960. The molecule has 1 aromatic rings. The number of alkyl halides is 2. The maximum absolute atomic E-state index is 13.3. The molecule has 0 aliphatic carbocycles. The normalized spacial score (nSPS) is 11.7. The molecule has 14 heavy (non-hydrogen) atoms. The van der Waals surface area contributed by atoms with E-state index in [1.807, 2.05) is 6.92 Å². The molecular formula is C11H15F2N. The van der Waals surface area contributed by atoms with E-state index >= 15 is 0 Å². The van der Waals surface area contributed by atoms with Gasteiger partial charge < -0.3 is 5.73 Å². The van der Waals surface area contributed by atoms with Crippen LogP contribution in [0.1, 0.15) is 24.5 Å². The smallest absolute Gasteiger partial charge is 0.285 e. The summed E-state index contributed by atoms with van der Waals surface area (Å²) in [7, 11) is 0. The Labute approximate surface area is 82.9 Å². The number of hydrogen-bond acceptors (Lipinski definition) is 1. The Morgan fingerprint density at radius 2 is 1.93 bits per heavy atom. The lowest BCUT2D eigenvalue weighted by Gasteiger charge is -2.17. The SMILES string of the molecule is CCCc1ccccc1C(F)(F)CN. The second kappa shape index (κ2) is 4.51. The van der Waals surface area contributed by atoms with Gasteiger partial charge in [0.25, 0.3) is 5.92 Å². The molecule has 0 aliphatic heterocycles. The number of aryl methyl sites for hydroxylation is 1. The van der Waals surface area contributed by atoms with Crippen LogP contribution >= 0.6 is 0 Å². The molecule has 0 spiro atoms. The molecule has 2 N–H and O–H groups in total. The van der Waals surface area contributed by atoms with Gasteiger partial charge in [-0.2, -0.15) is 8.78 Å². The highest BCUT2D eigenvalue weighted by atomic mass is 19.3. The van der Waals surface area contributed by atoms with Gasteiger partial charge in [-0.3, -0.25) is 0 Å². The number of halogens is 2. The minimum atomic E-state index is -2.90. The van der Waals surface area contributed by atoms with E-state index in [1.54, 1.807) is 18.2 Å². The van der Waals surface area contributed by atoms with E-state index < -0.39 is 12.5 Å². The molecule has 0 amide bonds. The molecule has 1 nitrogen and oxygen atoms in total. The van der Waals surface area contributed by atoms with Crippen LogP contribution in [0.4, 0.5) is 8.78 Å². The van der Waals surface area contributed by atoms with Crippen molar-refractivity contribution in [1.82, 2.24) is 0 Å². The van der Waals surface area contributed by atoms with Crippen molar-refractivity contribution in [2.24, 2.45) is 5.73 Å². The predicted octanol–water partition coefficient (Wildman–Crippen LogP) is 2.69. The van der Waals surface area contributed by atoms with Gasteiger partial charge in [0.15, 0.2) is 0 Å². The van der Waals surface area contributed by atoms with Gasteiger partial charge in [-0.15, -0.1) is 0 Å². The summed E-state index contributed by atoms with van der Waals surface area (Å²) < 4.78 is 26.7. The van der Waals surface area contributed by atoms with E-state index in [0.29, 0.717) is 12.0 Å². The number of hydrogen-bond donors (Lipinski definition) is 1. The summed E-state index contributed by atoms with van der Waals surface area (Å²) in [6.45, 7) is 1.34. The molecule has 0 saturated carbocycles. The molecule has 0 fully saturated rings. The van der Waals surface area contributed by atoms with Crippen molar-refractivity contribution >= 4 is 0 Å². The molecule has 1 aromatic carbocycles. The molecule has 0 saturated heterocycles. The van der Waals surface area contributed by atoms with E-state index in [4.69, 9.17) is 5.73 Å². The van der Waals surface area contributed by atoms with Crippen molar-refractivity contribution in [3.8, 4) is 0 Å². The zero-order chi connectivity index (χ0) is 10.6. The highest BCUT2D eigenvalue weighted by Gasteiger charge is 2.31. The first-order chi connectivity index (χ1) is 6.61. The average molecular weight is 199 g/mol. The van der Waals surface area contributed by atoms with Crippen molar-refractivity contribution < 1.29 is 8.78 Å². The van der Waals surface area contributed by atoms with Gasteiger partial charge in [0.1, 0.15) is 0 Å². The summed E-state index contributed by atoms with van der Waals surface area (Å²) in [5.41, 5.74) is 5.83. The van der Waals surface area contributed by atoms with Gasteiger partial charge in [0, 0.05) is 5.56 Å². The highest BCUT2D eigenvalue weighted by molar-refractivity contribution is 5.31. The van der Waals surface area contributed by atoms with Crippen LogP contribution in [0.5, 0.6) is 0 Å². The Morgan fingerprint density at radius 3 is 2.50 bits per heavy atom. The molecule has 0 unspecified atom stereocenters. The molecule has 78 valence electrons. The van der Waals surface area contributed by atoms with Crippen LogP contribution in [-0.4, -0.2) is 6.54 Å². The van der Waals surface area contributed by atoms with Gasteiger partial charge in [0.05, 0.1) is 6.54 Å². The van der Waals surface area contributed by atoms with Crippen molar-refractivity contribution in [1.29, 1.82) is 0 Å². The number of rotatable bonds is 4. The van der Waals surface area contributed by atoms with Crippen molar-refractivity contribution in [3.63, 3.8) is 0 Å². The van der Waals surface area contributed by atoms with Gasteiger partial charge in [-0.05, 0) is 12.0 Å². The molecule has 0 bridgehead atoms. The zero-order valence-electron chi connectivity index (χ0n) is 8.26. The molecule has 0 aliphatic rings. The third kappa shape index (κ3) is 2.29. The van der Waals surface area contributed by atoms with E-state index in [9.17, 15) is 8.78 Å². The van der Waals surface area contributed by atoms with Crippen LogP contribution in [0, 0.1) is 0 Å². The molecular weight excluding hydrogens is 184 g/mol. The fourth-order valence-corrected chi connectivity index (χ4v) is 1.47. The lowest BCUT2D eigenvalue weighted by Crippen LogP contribution is -2.26. The predicted molar refractivity (Wildman–Crippen MR) is 53.4 cm³/mol. The third-order valence-electron chi connectivity index (χ3n) is 2.19. The maximum atomic E-state index is 13.3. The van der Waals surface area contributed by atoms with Crippen LogP contribution in [0.25, 0.3) is 0 Å². The summed E-state index contributed by atoms with van der Waals surface area (Å²) in [5, 5.41) is 0. The summed E-state index contributed by atoms with van der Waals surface area (Å²) in [6, 6.07) is 6.60. The number of nitrogens with two attached hydrogens (primary N) is 1. The van der Waals surface area contributed by atoms with Gasteiger partial charge in [-0.25, -0.2) is 0 Å². The Morgan fingerprint density at radius 1 is 1.29 bits per heavy atom. The average Bonchev–Trinajstić information content (AvgIpc) is 2.19. The summed E-state index contributed by atoms with van der Waals surface area (Å²) in [4.78, 5) is 0. The summed E-state index contributed by atoms with van der Waals surface area (Å²) in [5.74, 6) is -2.90. The Balaban J connectivity index is 3.06. The summed E-state index contributed by atoms with van der Waals surface area (Å²) in [6.07, 6.45) is 1.53. The molecule has 0 atom stereocenters.